The van der Waals surface area contributed by atoms with E-state index in [1.54, 1.807) is 7.11 Å². The van der Waals surface area contributed by atoms with Gasteiger partial charge in [0.15, 0.2) is 0 Å². The van der Waals surface area contributed by atoms with E-state index < -0.39 is 0 Å². The second-order valence-electron chi connectivity index (χ2n) is 6.95. The highest BCUT2D eigenvalue weighted by Gasteiger charge is 2.25. The summed E-state index contributed by atoms with van der Waals surface area (Å²) < 4.78 is 5.53. The maximum absolute atomic E-state index is 5.53. The van der Waals surface area contributed by atoms with E-state index in [0.29, 0.717) is 0 Å². The van der Waals surface area contributed by atoms with Crippen LogP contribution in [0, 0.1) is 11.8 Å². The highest BCUT2D eigenvalue weighted by molar-refractivity contribution is 5.33. The van der Waals surface area contributed by atoms with Gasteiger partial charge in [0.2, 0.25) is 0 Å². The van der Waals surface area contributed by atoms with Crippen molar-refractivity contribution in [3.05, 3.63) is 29.8 Å². The first-order chi connectivity index (χ1) is 10.3. The SMILES string of the molecule is COc1ccccc1CC(CNC1CC1)CC1CCCC1. The largest absolute Gasteiger partial charge is 0.496 e. The summed E-state index contributed by atoms with van der Waals surface area (Å²) in [5, 5.41) is 3.75. The van der Waals surface area contributed by atoms with Gasteiger partial charge in [-0.15, -0.1) is 0 Å². The number of rotatable bonds is 8. The molecule has 2 saturated carbocycles. The van der Waals surface area contributed by atoms with Gasteiger partial charge < -0.3 is 10.1 Å². The van der Waals surface area contributed by atoms with E-state index in [1.165, 1.54) is 57.1 Å². The standard InChI is InChI=1S/C19H29NO/c1-21-19-9-5-4-8-17(19)13-16(14-20-18-10-11-18)12-15-6-2-3-7-15/h4-5,8-9,15-16,18,20H,2-3,6-7,10-14H2,1H3. The molecule has 0 amide bonds. The van der Waals surface area contributed by atoms with Crippen LogP contribution in [-0.2, 0) is 6.42 Å². The fraction of sp³-hybridized carbons (Fsp3) is 0.684. The lowest BCUT2D eigenvalue weighted by molar-refractivity contribution is 0.348. The maximum Gasteiger partial charge on any atom is 0.122 e. The van der Waals surface area contributed by atoms with Crippen molar-refractivity contribution in [2.45, 2.75) is 57.4 Å². The Morgan fingerprint density at radius 2 is 1.90 bits per heavy atom. The molecule has 1 aromatic carbocycles. The summed E-state index contributed by atoms with van der Waals surface area (Å²) in [6, 6.07) is 9.34. The molecule has 1 unspecified atom stereocenters. The Balaban J connectivity index is 1.61. The molecule has 0 aromatic heterocycles. The average Bonchev–Trinajstić information content (AvgIpc) is 3.21. The van der Waals surface area contributed by atoms with E-state index in [2.05, 4.69) is 29.6 Å². The van der Waals surface area contributed by atoms with Crippen LogP contribution in [0.25, 0.3) is 0 Å². The lowest BCUT2D eigenvalue weighted by Gasteiger charge is -2.22. The van der Waals surface area contributed by atoms with Gasteiger partial charge in [0.05, 0.1) is 7.11 Å². The van der Waals surface area contributed by atoms with E-state index in [-0.39, 0.29) is 0 Å². The van der Waals surface area contributed by atoms with Gasteiger partial charge in [-0.25, -0.2) is 0 Å². The Labute approximate surface area is 129 Å². The molecule has 0 heterocycles. The van der Waals surface area contributed by atoms with Crippen molar-refractivity contribution in [3.63, 3.8) is 0 Å². The molecule has 1 N–H and O–H groups in total. The lowest BCUT2D eigenvalue weighted by Crippen LogP contribution is -2.27. The molecule has 1 atom stereocenters. The molecular weight excluding hydrogens is 258 g/mol. The van der Waals surface area contributed by atoms with Crippen molar-refractivity contribution < 1.29 is 4.74 Å². The van der Waals surface area contributed by atoms with Gasteiger partial charge in [-0.05, 0) is 55.7 Å². The third-order valence-electron chi connectivity index (χ3n) is 5.12. The maximum atomic E-state index is 5.53. The lowest BCUT2D eigenvalue weighted by atomic mass is 9.88. The van der Waals surface area contributed by atoms with E-state index in [4.69, 9.17) is 4.74 Å². The molecule has 0 bridgehead atoms. The third-order valence-corrected chi connectivity index (χ3v) is 5.12. The summed E-state index contributed by atoms with van der Waals surface area (Å²) in [6.45, 7) is 1.18. The van der Waals surface area contributed by atoms with Gasteiger partial charge in [0, 0.05) is 6.04 Å². The summed E-state index contributed by atoms with van der Waals surface area (Å²) in [6.07, 6.45) is 11.1. The van der Waals surface area contributed by atoms with Crippen LogP contribution in [0.3, 0.4) is 0 Å². The van der Waals surface area contributed by atoms with Gasteiger partial charge in [-0.1, -0.05) is 43.9 Å². The van der Waals surface area contributed by atoms with Crippen LogP contribution in [-0.4, -0.2) is 19.7 Å². The Morgan fingerprint density at radius 1 is 1.14 bits per heavy atom. The minimum Gasteiger partial charge on any atom is -0.496 e. The molecule has 2 heteroatoms. The predicted octanol–water partition coefficient (Wildman–Crippen LogP) is 4.19. The zero-order chi connectivity index (χ0) is 14.5. The van der Waals surface area contributed by atoms with Crippen LogP contribution in [0.5, 0.6) is 5.75 Å². The molecule has 0 saturated heterocycles. The van der Waals surface area contributed by atoms with E-state index >= 15 is 0 Å². The number of nitrogens with one attached hydrogen (secondary N) is 1. The average molecular weight is 287 g/mol. The van der Waals surface area contributed by atoms with Crippen LogP contribution >= 0.6 is 0 Å². The van der Waals surface area contributed by atoms with Crippen LogP contribution < -0.4 is 10.1 Å². The highest BCUT2D eigenvalue weighted by Crippen LogP contribution is 2.33. The van der Waals surface area contributed by atoms with Crippen LogP contribution in [0.1, 0.15) is 50.5 Å². The minimum absolute atomic E-state index is 0.755. The van der Waals surface area contributed by atoms with Crippen molar-refractivity contribution in [2.75, 3.05) is 13.7 Å². The smallest absolute Gasteiger partial charge is 0.122 e. The van der Waals surface area contributed by atoms with Crippen molar-refractivity contribution in [3.8, 4) is 5.75 Å². The third kappa shape index (κ3) is 4.47. The first-order valence-corrected chi connectivity index (χ1v) is 8.70. The fourth-order valence-corrected chi connectivity index (χ4v) is 3.76. The molecule has 0 spiro atoms. The number of benzene rings is 1. The number of ether oxygens (including phenoxy) is 1. The molecule has 2 aliphatic rings. The molecule has 1 aromatic rings. The Morgan fingerprint density at radius 3 is 2.62 bits per heavy atom. The molecule has 2 fully saturated rings. The number of hydrogen-bond acceptors (Lipinski definition) is 2. The second kappa shape index (κ2) is 7.31. The molecule has 3 rings (SSSR count). The van der Waals surface area contributed by atoms with Gasteiger partial charge in [0.25, 0.3) is 0 Å². The molecule has 2 aliphatic carbocycles. The molecule has 21 heavy (non-hydrogen) atoms. The number of para-hydroxylation sites is 1. The summed E-state index contributed by atoms with van der Waals surface area (Å²) in [5.41, 5.74) is 1.38. The van der Waals surface area contributed by atoms with Gasteiger partial charge in [0.1, 0.15) is 5.75 Å². The molecule has 2 nitrogen and oxygen atoms in total. The fourth-order valence-electron chi connectivity index (χ4n) is 3.76. The normalized spacial score (nSPS) is 20.6. The summed E-state index contributed by atoms with van der Waals surface area (Å²) in [7, 11) is 1.78. The molecular formula is C19H29NO. The Hall–Kier alpha value is -1.02. The van der Waals surface area contributed by atoms with Crippen molar-refractivity contribution >= 4 is 0 Å². The number of hydrogen-bond donors (Lipinski definition) is 1. The Bertz CT molecular complexity index is 435. The summed E-state index contributed by atoms with van der Waals surface area (Å²) in [4.78, 5) is 0. The predicted molar refractivity (Wildman–Crippen MR) is 87.8 cm³/mol. The zero-order valence-electron chi connectivity index (χ0n) is 13.3. The summed E-state index contributed by atoms with van der Waals surface area (Å²) >= 11 is 0. The van der Waals surface area contributed by atoms with Gasteiger partial charge in [-0.2, -0.15) is 0 Å². The van der Waals surface area contributed by atoms with Crippen molar-refractivity contribution in [1.29, 1.82) is 0 Å². The van der Waals surface area contributed by atoms with Gasteiger partial charge in [-0.3, -0.25) is 0 Å². The monoisotopic (exact) mass is 287 g/mol. The zero-order valence-corrected chi connectivity index (χ0v) is 13.3. The summed E-state index contributed by atoms with van der Waals surface area (Å²) in [5.74, 6) is 2.77. The van der Waals surface area contributed by atoms with Crippen LogP contribution in [0.4, 0.5) is 0 Å². The first-order valence-electron chi connectivity index (χ1n) is 8.70. The van der Waals surface area contributed by atoms with E-state index in [9.17, 15) is 0 Å². The molecule has 0 aliphatic heterocycles. The van der Waals surface area contributed by atoms with E-state index in [0.717, 1.165) is 30.0 Å². The minimum atomic E-state index is 0.755. The van der Waals surface area contributed by atoms with E-state index in [1.807, 2.05) is 0 Å². The van der Waals surface area contributed by atoms with Crippen LogP contribution in [0.15, 0.2) is 24.3 Å². The second-order valence-corrected chi connectivity index (χ2v) is 6.95. The topological polar surface area (TPSA) is 21.3 Å². The van der Waals surface area contributed by atoms with Crippen molar-refractivity contribution in [2.24, 2.45) is 11.8 Å². The first kappa shape index (κ1) is 14.9. The number of methoxy groups -OCH3 is 1. The highest BCUT2D eigenvalue weighted by atomic mass is 16.5. The Kier molecular flexibility index (Phi) is 5.18. The molecule has 116 valence electrons. The van der Waals surface area contributed by atoms with Crippen molar-refractivity contribution in [1.82, 2.24) is 5.32 Å². The molecule has 0 radical (unpaired) electrons. The van der Waals surface area contributed by atoms with Gasteiger partial charge >= 0.3 is 0 Å². The van der Waals surface area contributed by atoms with Crippen LogP contribution in [0.2, 0.25) is 0 Å². The quantitative estimate of drug-likeness (QED) is 0.774.